The van der Waals surface area contributed by atoms with Crippen molar-refractivity contribution in [1.29, 1.82) is 0 Å². The van der Waals surface area contributed by atoms with E-state index in [4.69, 9.17) is 0 Å². The Bertz CT molecular complexity index is 985. The van der Waals surface area contributed by atoms with E-state index >= 15 is 0 Å². The van der Waals surface area contributed by atoms with Gasteiger partial charge in [-0.25, -0.2) is 4.79 Å². The quantitative estimate of drug-likeness (QED) is 0.632. The molecule has 2 aromatic rings. The van der Waals surface area contributed by atoms with Gasteiger partial charge in [0, 0.05) is 39.3 Å². The van der Waals surface area contributed by atoms with Crippen molar-refractivity contribution in [2.24, 2.45) is 0 Å². The van der Waals surface area contributed by atoms with E-state index < -0.39 is 12.1 Å². The molecule has 4 rings (SSSR count). The van der Waals surface area contributed by atoms with Gasteiger partial charge >= 0.3 is 6.03 Å². The molecule has 2 aliphatic rings. The summed E-state index contributed by atoms with van der Waals surface area (Å²) in [6.45, 7) is 3.99. The number of benzene rings is 2. The molecule has 2 fully saturated rings. The number of piperazine rings is 1. The van der Waals surface area contributed by atoms with Crippen LogP contribution in [0.1, 0.15) is 17.5 Å². The van der Waals surface area contributed by atoms with E-state index in [9.17, 15) is 14.4 Å². The lowest BCUT2D eigenvalue weighted by atomic mass is 10.1. The number of hydrogen-bond donors (Lipinski definition) is 1. The van der Waals surface area contributed by atoms with Gasteiger partial charge in [-0.3, -0.25) is 19.4 Å². The molecule has 0 unspecified atom stereocenters. The minimum atomic E-state index is -0.771. The summed E-state index contributed by atoms with van der Waals surface area (Å²) < 4.78 is 0. The lowest BCUT2D eigenvalue weighted by Crippen LogP contribution is -2.50. The molecule has 0 aliphatic carbocycles. The van der Waals surface area contributed by atoms with Crippen LogP contribution in [0.2, 0.25) is 0 Å². The Hall–Kier alpha value is -3.45. The molecular weight excluding hydrogens is 416 g/mol. The molecule has 4 amide bonds. The summed E-state index contributed by atoms with van der Waals surface area (Å²) in [4.78, 5) is 43.1. The highest BCUT2D eigenvalue weighted by Crippen LogP contribution is 2.14. The lowest BCUT2D eigenvalue weighted by molar-refractivity contribution is -0.136. The summed E-state index contributed by atoms with van der Waals surface area (Å²) in [6, 6.07) is 18.7. The van der Waals surface area contributed by atoms with Crippen molar-refractivity contribution in [1.82, 2.24) is 20.0 Å². The van der Waals surface area contributed by atoms with Gasteiger partial charge < -0.3 is 10.2 Å². The molecule has 0 aromatic heterocycles. The fraction of sp³-hybridized carbons (Fsp3) is 0.346. The Morgan fingerprint density at radius 3 is 2.30 bits per heavy atom. The summed E-state index contributed by atoms with van der Waals surface area (Å²) in [7, 11) is 0. The normalized spacial score (nSPS) is 19.3. The summed E-state index contributed by atoms with van der Waals surface area (Å²) in [5, 5.41) is 2.68. The van der Waals surface area contributed by atoms with Gasteiger partial charge in [-0.1, -0.05) is 72.8 Å². The molecule has 0 saturated carbocycles. The molecule has 0 bridgehead atoms. The van der Waals surface area contributed by atoms with Gasteiger partial charge in [-0.05, 0) is 17.5 Å². The summed E-state index contributed by atoms with van der Waals surface area (Å²) in [5.41, 5.74) is 2.24. The molecule has 7 heteroatoms. The van der Waals surface area contributed by atoms with Gasteiger partial charge in [0.05, 0.1) is 6.42 Å². The SMILES string of the molecule is O=C(C[C@@H]1NC(=O)N(CCc2ccccc2)C1=O)N1CCN(CC=Cc2ccccc2)CC1. The zero-order chi connectivity index (χ0) is 23.0. The molecule has 2 saturated heterocycles. The molecule has 172 valence electrons. The number of carbonyl (C=O) groups excluding carboxylic acids is 3. The number of imide groups is 1. The Labute approximate surface area is 194 Å². The molecule has 33 heavy (non-hydrogen) atoms. The third-order valence-electron chi connectivity index (χ3n) is 6.15. The number of hydrogen-bond acceptors (Lipinski definition) is 4. The summed E-state index contributed by atoms with van der Waals surface area (Å²) >= 11 is 0. The van der Waals surface area contributed by atoms with Crippen LogP contribution in [0.15, 0.2) is 66.7 Å². The summed E-state index contributed by atoms with van der Waals surface area (Å²) in [6.07, 6.45) is 4.86. The van der Waals surface area contributed by atoms with Crippen molar-refractivity contribution in [2.45, 2.75) is 18.9 Å². The second-order valence-corrected chi connectivity index (χ2v) is 8.43. The van der Waals surface area contributed by atoms with Crippen molar-refractivity contribution in [2.75, 3.05) is 39.3 Å². The molecule has 2 aliphatic heterocycles. The van der Waals surface area contributed by atoms with Gasteiger partial charge in [0.2, 0.25) is 5.91 Å². The smallest absolute Gasteiger partial charge is 0.324 e. The maximum atomic E-state index is 12.8. The van der Waals surface area contributed by atoms with Crippen LogP contribution >= 0.6 is 0 Å². The monoisotopic (exact) mass is 446 g/mol. The molecule has 2 heterocycles. The average Bonchev–Trinajstić information content (AvgIpc) is 3.11. The van der Waals surface area contributed by atoms with Crippen molar-refractivity contribution in [3.05, 3.63) is 77.9 Å². The number of rotatable bonds is 8. The second kappa shape index (κ2) is 10.9. The number of nitrogens with zero attached hydrogens (tertiary/aromatic N) is 3. The Morgan fingerprint density at radius 2 is 1.61 bits per heavy atom. The third-order valence-corrected chi connectivity index (χ3v) is 6.15. The average molecular weight is 447 g/mol. The van der Waals surface area contributed by atoms with Crippen LogP contribution in [0.4, 0.5) is 4.79 Å². The number of amides is 4. The zero-order valence-corrected chi connectivity index (χ0v) is 18.7. The molecule has 1 N–H and O–H groups in total. The molecule has 0 spiro atoms. The fourth-order valence-corrected chi connectivity index (χ4v) is 4.20. The largest absolute Gasteiger partial charge is 0.340 e. The molecule has 7 nitrogen and oxygen atoms in total. The standard InChI is InChI=1S/C26H30N4O3/c31-24(29-18-16-28(17-19-29)14-7-12-21-8-3-1-4-9-21)20-23-25(32)30(26(33)27-23)15-13-22-10-5-2-6-11-22/h1-12,23H,13-20H2,(H,27,33)/t23-/m0/s1. The summed E-state index contributed by atoms with van der Waals surface area (Å²) in [5.74, 6) is -0.396. The minimum Gasteiger partial charge on any atom is -0.340 e. The number of carbonyl (C=O) groups is 3. The Balaban J connectivity index is 1.20. The molecule has 1 atom stereocenters. The first-order valence-corrected chi connectivity index (χ1v) is 11.5. The van der Waals surface area contributed by atoms with Crippen LogP contribution in [0.25, 0.3) is 6.08 Å². The highest BCUT2D eigenvalue weighted by Gasteiger charge is 2.39. The maximum absolute atomic E-state index is 12.8. The van der Waals surface area contributed by atoms with Gasteiger partial charge in [0.25, 0.3) is 5.91 Å². The van der Waals surface area contributed by atoms with E-state index in [0.29, 0.717) is 26.1 Å². The van der Waals surface area contributed by atoms with Crippen molar-refractivity contribution in [3.63, 3.8) is 0 Å². The van der Waals surface area contributed by atoms with Crippen LogP contribution in [0, 0.1) is 0 Å². The van der Waals surface area contributed by atoms with E-state index in [1.807, 2.05) is 48.5 Å². The van der Waals surface area contributed by atoms with Gasteiger partial charge in [-0.2, -0.15) is 0 Å². The predicted molar refractivity (Wildman–Crippen MR) is 127 cm³/mol. The number of nitrogens with one attached hydrogen (secondary N) is 1. The first-order valence-electron chi connectivity index (χ1n) is 11.5. The Kier molecular flexibility index (Phi) is 7.52. The predicted octanol–water partition coefficient (Wildman–Crippen LogP) is 2.40. The second-order valence-electron chi connectivity index (χ2n) is 8.43. The maximum Gasteiger partial charge on any atom is 0.324 e. The molecule has 0 radical (unpaired) electrons. The van der Waals surface area contributed by atoms with E-state index in [1.165, 1.54) is 10.5 Å². The fourth-order valence-electron chi connectivity index (χ4n) is 4.20. The van der Waals surface area contributed by atoms with E-state index in [-0.39, 0.29) is 18.2 Å². The van der Waals surface area contributed by atoms with Crippen LogP contribution in [0.3, 0.4) is 0 Å². The van der Waals surface area contributed by atoms with Gasteiger partial charge in [0.15, 0.2) is 0 Å². The highest BCUT2D eigenvalue weighted by molar-refractivity contribution is 6.05. The first-order chi connectivity index (χ1) is 16.1. The van der Waals surface area contributed by atoms with Crippen LogP contribution in [-0.2, 0) is 16.0 Å². The molecular formula is C26H30N4O3. The highest BCUT2D eigenvalue weighted by atomic mass is 16.2. The van der Waals surface area contributed by atoms with E-state index in [1.54, 1.807) is 4.90 Å². The minimum absolute atomic E-state index is 0.0142. The number of urea groups is 1. The lowest BCUT2D eigenvalue weighted by Gasteiger charge is -2.34. The first kappa shape index (κ1) is 22.7. The van der Waals surface area contributed by atoms with Crippen LogP contribution in [-0.4, -0.2) is 77.9 Å². The van der Waals surface area contributed by atoms with E-state index in [0.717, 1.165) is 25.2 Å². The van der Waals surface area contributed by atoms with Crippen LogP contribution < -0.4 is 5.32 Å². The third kappa shape index (κ3) is 6.08. The topological polar surface area (TPSA) is 73.0 Å². The zero-order valence-electron chi connectivity index (χ0n) is 18.7. The molecule has 2 aromatic carbocycles. The van der Waals surface area contributed by atoms with Crippen molar-refractivity contribution in [3.8, 4) is 0 Å². The van der Waals surface area contributed by atoms with Gasteiger partial charge in [-0.15, -0.1) is 0 Å². The van der Waals surface area contributed by atoms with Crippen molar-refractivity contribution < 1.29 is 14.4 Å². The van der Waals surface area contributed by atoms with Gasteiger partial charge in [0.1, 0.15) is 6.04 Å². The van der Waals surface area contributed by atoms with Crippen molar-refractivity contribution >= 4 is 23.9 Å². The van der Waals surface area contributed by atoms with Crippen LogP contribution in [0.5, 0.6) is 0 Å². The van der Waals surface area contributed by atoms with E-state index in [2.05, 4.69) is 34.5 Å². The Morgan fingerprint density at radius 1 is 0.939 bits per heavy atom.